The van der Waals surface area contributed by atoms with E-state index in [4.69, 9.17) is 50.8 Å². The van der Waals surface area contributed by atoms with Gasteiger partial charge in [0.15, 0.2) is 41.3 Å². The zero-order valence-corrected chi connectivity index (χ0v) is 26.7. The molecular formula is C21H25FN10O10P2S2. The minimum atomic E-state index is -4.27. The number of nitrogens with one attached hydrogen (secondary N) is 1. The molecule has 3 aliphatic heterocycles. The lowest BCUT2D eigenvalue weighted by Gasteiger charge is -2.27. The van der Waals surface area contributed by atoms with Gasteiger partial charge in [0, 0.05) is 0 Å². The van der Waals surface area contributed by atoms with Gasteiger partial charge in [0.2, 0.25) is 5.95 Å². The van der Waals surface area contributed by atoms with Crippen molar-refractivity contribution in [2.24, 2.45) is 0 Å². The predicted molar refractivity (Wildman–Crippen MR) is 160 cm³/mol. The van der Waals surface area contributed by atoms with Crippen LogP contribution in [0.1, 0.15) is 12.5 Å². The molecule has 0 spiro atoms. The van der Waals surface area contributed by atoms with Crippen LogP contribution in [0.15, 0.2) is 23.8 Å². The third kappa shape index (κ3) is 5.53. The summed E-state index contributed by atoms with van der Waals surface area (Å²) in [6.45, 7) is -9.61. The first-order chi connectivity index (χ1) is 21.9. The number of aliphatic hydroxyl groups excluding tert-OH is 1. The van der Waals surface area contributed by atoms with Crippen LogP contribution in [0.5, 0.6) is 0 Å². The SMILES string of the molecule is CSP1(=O)OCC2O[C@@H](n3cnc4c(=O)[nH]c(N)nc43)C(OP(O)(=S)OC[C@H]3OC(n4cnc5c(N)ncnc54)C(F)C3O1)C2O. The number of nitrogens with zero attached hydrogens (tertiary/aromatic N) is 7. The zero-order valence-electron chi connectivity index (χ0n) is 23.3. The number of aliphatic hydroxyl groups is 1. The van der Waals surface area contributed by atoms with E-state index in [0.717, 1.165) is 0 Å². The number of fused-ring (bicyclic) bond motifs is 5. The van der Waals surface area contributed by atoms with Gasteiger partial charge in [-0.05, 0) is 29.4 Å². The molecule has 7 N–H and O–H groups in total. The lowest BCUT2D eigenvalue weighted by atomic mass is 10.1. The molecule has 7 heterocycles. The Kier molecular flexibility index (Phi) is 8.18. The van der Waals surface area contributed by atoms with Gasteiger partial charge in [-0.25, -0.2) is 28.9 Å². The largest absolute Gasteiger partial charge is 0.389 e. The van der Waals surface area contributed by atoms with Gasteiger partial charge < -0.3 is 35.5 Å². The summed E-state index contributed by atoms with van der Waals surface area (Å²) in [6.07, 6.45) is -6.84. The minimum Gasteiger partial charge on any atom is -0.387 e. The molecule has 0 aliphatic carbocycles. The fraction of sp³-hybridized carbons (Fsp3) is 0.524. The molecule has 2 bridgehead atoms. The molecule has 248 valence electrons. The van der Waals surface area contributed by atoms with Gasteiger partial charge in [-0.2, -0.15) is 4.98 Å². The number of rotatable bonds is 3. The Bertz CT molecular complexity index is 1970. The highest BCUT2D eigenvalue weighted by Gasteiger charge is 2.54. The van der Waals surface area contributed by atoms with Crippen LogP contribution in [0.25, 0.3) is 22.3 Å². The van der Waals surface area contributed by atoms with E-state index in [1.54, 1.807) is 0 Å². The fourth-order valence-corrected chi connectivity index (χ4v) is 8.95. The fourth-order valence-electron chi connectivity index (χ4n) is 5.35. The lowest BCUT2D eigenvalue weighted by molar-refractivity contribution is -0.0587. The molecule has 8 unspecified atom stereocenters. The first kappa shape index (κ1) is 31.9. The Morgan fingerprint density at radius 3 is 2.48 bits per heavy atom. The average Bonchev–Trinajstić information content (AvgIpc) is 3.77. The van der Waals surface area contributed by atoms with E-state index in [9.17, 15) is 19.4 Å². The van der Waals surface area contributed by atoms with Crippen LogP contribution in [0.3, 0.4) is 0 Å². The molecule has 25 heteroatoms. The van der Waals surface area contributed by atoms with Crippen LogP contribution in [0.2, 0.25) is 0 Å². The Morgan fingerprint density at radius 1 is 1.02 bits per heavy atom. The van der Waals surface area contributed by atoms with Crippen LogP contribution in [0, 0.1) is 0 Å². The summed E-state index contributed by atoms with van der Waals surface area (Å²) in [5.74, 6) is -0.161. The number of hydrogen-bond acceptors (Lipinski definition) is 18. The Hall–Kier alpha value is -2.66. The maximum Gasteiger partial charge on any atom is 0.389 e. The van der Waals surface area contributed by atoms with E-state index < -0.39 is 81.4 Å². The van der Waals surface area contributed by atoms with Gasteiger partial charge in [-0.1, -0.05) is 0 Å². The molecule has 0 amide bonds. The standard InChI is InChI=1S/C21H25FN10O10P2S2/c1-46-44(36)38-2-7-12(33)14(20(39-7)32-6-28-11-17(32)29-21(24)30-18(11)34)41-43(35,45)37-3-8-13(42-44)9(22)19(40-8)31-5-27-10-15(23)25-4-26-16(10)31/h4-9,12-14,19-20,33H,2-3H2,1H3,(H,35,45)(H2,23,25,26)(H3,24,29,30,34)/t7?,8-,9?,12?,13?,14?,19?,20-,43?,44?/m1/s1. The molecule has 0 radical (unpaired) electrons. The van der Waals surface area contributed by atoms with Crippen molar-refractivity contribution in [3.8, 4) is 0 Å². The third-order valence-electron chi connectivity index (χ3n) is 7.49. The second kappa shape index (κ2) is 11.8. The molecular weight excluding hydrogens is 697 g/mol. The number of H-pyrrole nitrogens is 1. The molecule has 4 aromatic heterocycles. The van der Waals surface area contributed by atoms with Crippen LogP contribution < -0.4 is 17.0 Å². The number of ether oxygens (including phenoxy) is 2. The van der Waals surface area contributed by atoms with Crippen molar-refractivity contribution in [1.82, 2.24) is 39.0 Å². The lowest BCUT2D eigenvalue weighted by Crippen LogP contribution is -2.35. The van der Waals surface area contributed by atoms with E-state index in [0.29, 0.717) is 11.4 Å². The van der Waals surface area contributed by atoms with Gasteiger partial charge in [-0.3, -0.25) is 32.5 Å². The average molecular weight is 723 g/mol. The molecule has 3 fully saturated rings. The smallest absolute Gasteiger partial charge is 0.387 e. The molecule has 3 aliphatic rings. The summed E-state index contributed by atoms with van der Waals surface area (Å²) in [5.41, 5.74) is 11.2. The maximum absolute atomic E-state index is 16.2. The predicted octanol–water partition coefficient (Wildman–Crippen LogP) is 0.123. The summed E-state index contributed by atoms with van der Waals surface area (Å²) in [5, 5.41) is 11.2. The first-order valence-corrected chi connectivity index (χ1v) is 19.3. The van der Waals surface area contributed by atoms with Crippen molar-refractivity contribution in [1.29, 1.82) is 0 Å². The molecule has 4 aromatic rings. The maximum atomic E-state index is 16.2. The second-order valence-electron chi connectivity index (χ2n) is 10.3. The van der Waals surface area contributed by atoms with Crippen molar-refractivity contribution in [2.75, 3.05) is 30.9 Å². The highest BCUT2D eigenvalue weighted by Crippen LogP contribution is 2.62. The van der Waals surface area contributed by atoms with Gasteiger partial charge in [0.05, 0.1) is 25.9 Å². The van der Waals surface area contributed by atoms with Crippen LogP contribution in [-0.4, -0.2) is 105 Å². The van der Waals surface area contributed by atoms with Crippen molar-refractivity contribution >= 4 is 70.8 Å². The summed E-state index contributed by atoms with van der Waals surface area (Å²) >= 11 is 5.92. The zero-order chi connectivity index (χ0) is 32.5. The Morgan fingerprint density at radius 2 is 1.72 bits per heavy atom. The molecule has 0 saturated carbocycles. The van der Waals surface area contributed by atoms with E-state index in [-0.39, 0.29) is 34.1 Å². The molecule has 7 rings (SSSR count). The number of aromatic amines is 1. The number of nitrogen functional groups attached to an aromatic ring is 2. The van der Waals surface area contributed by atoms with Gasteiger partial charge in [0.25, 0.3) is 5.56 Å². The quantitative estimate of drug-likeness (QED) is 0.176. The van der Waals surface area contributed by atoms with E-state index >= 15 is 4.39 Å². The number of alkyl halides is 1. The van der Waals surface area contributed by atoms with Crippen molar-refractivity contribution in [3.05, 3.63) is 29.3 Å². The molecule has 20 nitrogen and oxygen atoms in total. The van der Waals surface area contributed by atoms with Crippen molar-refractivity contribution < 1.29 is 46.5 Å². The van der Waals surface area contributed by atoms with Crippen LogP contribution >= 0.6 is 24.9 Å². The number of anilines is 2. The topological polar surface area (TPSA) is 272 Å². The summed E-state index contributed by atoms with van der Waals surface area (Å²) in [4.78, 5) is 46.1. The number of imidazole rings is 2. The molecule has 46 heavy (non-hydrogen) atoms. The normalized spacial score (nSPS) is 37.1. The van der Waals surface area contributed by atoms with Gasteiger partial charge in [0.1, 0.15) is 42.4 Å². The molecule has 3 saturated heterocycles. The number of halogens is 1. The van der Waals surface area contributed by atoms with E-state index in [1.807, 2.05) is 0 Å². The highest BCUT2D eigenvalue weighted by atomic mass is 32.7. The molecule has 10 atom stereocenters. The van der Waals surface area contributed by atoms with E-state index in [2.05, 4.69) is 29.9 Å². The highest BCUT2D eigenvalue weighted by molar-refractivity contribution is 8.54. The summed E-state index contributed by atoms with van der Waals surface area (Å²) in [7, 11) is 0. The van der Waals surface area contributed by atoms with Crippen molar-refractivity contribution in [3.63, 3.8) is 0 Å². The number of aromatic nitrogens is 8. The number of nitrogens with two attached hydrogens (primary N) is 2. The van der Waals surface area contributed by atoms with Crippen molar-refractivity contribution in [2.45, 2.75) is 49.1 Å². The monoisotopic (exact) mass is 722 g/mol. The summed E-state index contributed by atoms with van der Waals surface area (Å²) in [6, 6.07) is 0. The Balaban J connectivity index is 1.22. The first-order valence-electron chi connectivity index (χ1n) is 13.3. The summed E-state index contributed by atoms with van der Waals surface area (Å²) < 4.78 is 67.2. The van der Waals surface area contributed by atoms with Gasteiger partial charge in [-0.15, -0.1) is 0 Å². The van der Waals surface area contributed by atoms with E-state index in [1.165, 1.54) is 34.4 Å². The minimum absolute atomic E-state index is 0.0266. The Labute approximate surface area is 265 Å². The molecule has 0 aromatic carbocycles. The second-order valence-corrected chi connectivity index (χ2v) is 17.2. The third-order valence-corrected chi connectivity index (χ3v) is 12.4. The van der Waals surface area contributed by atoms with Crippen LogP contribution in [-0.2, 0) is 43.9 Å². The number of hydrogen-bond donors (Lipinski definition) is 5. The van der Waals surface area contributed by atoms with Crippen LogP contribution in [0.4, 0.5) is 16.2 Å². The van der Waals surface area contributed by atoms with Gasteiger partial charge >= 0.3 is 13.5 Å².